The van der Waals surface area contributed by atoms with Crippen LogP contribution in [0.5, 0.6) is 0 Å². The van der Waals surface area contributed by atoms with Gasteiger partial charge in [-0.25, -0.2) is 4.79 Å². The molecule has 2 aromatic rings. The molecule has 0 bridgehead atoms. The van der Waals surface area contributed by atoms with Gasteiger partial charge in [0.1, 0.15) is 0 Å². The Hall–Kier alpha value is -1.81. The molecule has 0 spiro atoms. The zero-order valence-corrected chi connectivity index (χ0v) is 13.4. The first-order chi connectivity index (χ1) is 10.1. The molecule has 0 aliphatic heterocycles. The van der Waals surface area contributed by atoms with Gasteiger partial charge in [-0.3, -0.25) is 0 Å². The number of carboxylic acid groups (broad SMARTS) is 1. The maximum absolute atomic E-state index is 12.0. The first kappa shape index (κ1) is 15.6. The Kier molecular flexibility index (Phi) is 5.02. The minimum absolute atomic E-state index is 0.513. The fourth-order valence-electron chi connectivity index (χ4n) is 2.47. The van der Waals surface area contributed by atoms with E-state index >= 15 is 0 Å². The zero-order chi connectivity index (χ0) is 15.3. The van der Waals surface area contributed by atoms with Gasteiger partial charge in [0.05, 0.1) is 0 Å². The highest BCUT2D eigenvalue weighted by Crippen LogP contribution is 2.32. The van der Waals surface area contributed by atoms with Crippen molar-refractivity contribution in [3.63, 3.8) is 0 Å². The SMILES string of the molecule is CCCC(Nc1cccc(Br)c1)(C(=O)O)c1ccccc1. The molecule has 0 saturated carbocycles. The highest BCUT2D eigenvalue weighted by atomic mass is 79.9. The van der Waals surface area contributed by atoms with Crippen LogP contribution in [0.15, 0.2) is 59.1 Å². The van der Waals surface area contributed by atoms with E-state index in [1.807, 2.05) is 61.5 Å². The highest BCUT2D eigenvalue weighted by Gasteiger charge is 2.39. The number of benzene rings is 2. The lowest BCUT2D eigenvalue weighted by Gasteiger charge is -2.32. The maximum Gasteiger partial charge on any atom is 0.334 e. The lowest BCUT2D eigenvalue weighted by atomic mass is 9.85. The number of halogens is 1. The standard InChI is InChI=1S/C17H18BrNO2/c1-2-11-17(16(20)21,13-7-4-3-5-8-13)19-15-10-6-9-14(18)12-15/h3-10,12,19H,2,11H2,1H3,(H,20,21). The molecule has 21 heavy (non-hydrogen) atoms. The number of hydrogen-bond donors (Lipinski definition) is 2. The van der Waals surface area contributed by atoms with E-state index < -0.39 is 11.5 Å². The van der Waals surface area contributed by atoms with Crippen LogP contribution in [0.25, 0.3) is 0 Å². The summed E-state index contributed by atoms with van der Waals surface area (Å²) >= 11 is 3.41. The molecular weight excluding hydrogens is 330 g/mol. The lowest BCUT2D eigenvalue weighted by molar-refractivity contribution is -0.143. The second kappa shape index (κ2) is 6.76. The molecule has 1 atom stereocenters. The van der Waals surface area contributed by atoms with E-state index in [1.165, 1.54) is 0 Å². The number of carboxylic acids is 1. The van der Waals surface area contributed by atoms with Crippen molar-refractivity contribution in [1.82, 2.24) is 0 Å². The van der Waals surface area contributed by atoms with Crippen molar-refractivity contribution >= 4 is 27.6 Å². The molecule has 2 aromatic carbocycles. The van der Waals surface area contributed by atoms with Gasteiger partial charge in [-0.15, -0.1) is 0 Å². The molecule has 0 aliphatic rings. The summed E-state index contributed by atoms with van der Waals surface area (Å²) in [6.45, 7) is 1.99. The summed E-state index contributed by atoms with van der Waals surface area (Å²) in [6, 6.07) is 16.9. The van der Waals surface area contributed by atoms with E-state index in [1.54, 1.807) is 0 Å². The first-order valence-electron chi connectivity index (χ1n) is 6.91. The monoisotopic (exact) mass is 347 g/mol. The van der Waals surface area contributed by atoms with Crippen molar-refractivity contribution in [1.29, 1.82) is 0 Å². The van der Waals surface area contributed by atoms with Crippen molar-refractivity contribution in [2.75, 3.05) is 5.32 Å². The van der Waals surface area contributed by atoms with Gasteiger partial charge in [0.25, 0.3) is 0 Å². The minimum atomic E-state index is -1.11. The Labute approximate surface area is 133 Å². The Morgan fingerprint density at radius 1 is 1.19 bits per heavy atom. The molecule has 1 unspecified atom stereocenters. The molecular formula is C17H18BrNO2. The molecule has 0 fully saturated rings. The zero-order valence-electron chi connectivity index (χ0n) is 11.8. The average Bonchev–Trinajstić information content (AvgIpc) is 2.47. The van der Waals surface area contributed by atoms with Crippen molar-refractivity contribution < 1.29 is 9.90 Å². The summed E-state index contributed by atoms with van der Waals surface area (Å²) in [5.41, 5.74) is 0.431. The third-order valence-electron chi connectivity index (χ3n) is 3.44. The minimum Gasteiger partial charge on any atom is -0.479 e. The number of anilines is 1. The summed E-state index contributed by atoms with van der Waals surface area (Å²) in [5, 5.41) is 13.1. The fourth-order valence-corrected chi connectivity index (χ4v) is 2.87. The number of rotatable bonds is 6. The Bertz CT molecular complexity index is 615. The second-order valence-electron chi connectivity index (χ2n) is 4.96. The third kappa shape index (κ3) is 3.45. The van der Waals surface area contributed by atoms with Gasteiger partial charge < -0.3 is 10.4 Å². The van der Waals surface area contributed by atoms with Crippen LogP contribution >= 0.6 is 15.9 Å². The number of carbonyl (C=O) groups is 1. The van der Waals surface area contributed by atoms with Gasteiger partial charge in [0.2, 0.25) is 0 Å². The van der Waals surface area contributed by atoms with E-state index in [9.17, 15) is 9.90 Å². The van der Waals surface area contributed by atoms with Crippen LogP contribution in [0, 0.1) is 0 Å². The van der Waals surface area contributed by atoms with Crippen LogP contribution in [0.1, 0.15) is 25.3 Å². The lowest BCUT2D eigenvalue weighted by Crippen LogP contribution is -2.43. The van der Waals surface area contributed by atoms with Crippen LogP contribution in [0.3, 0.4) is 0 Å². The van der Waals surface area contributed by atoms with Crippen molar-refractivity contribution in [3.05, 3.63) is 64.6 Å². The smallest absolute Gasteiger partial charge is 0.334 e. The Morgan fingerprint density at radius 3 is 2.48 bits per heavy atom. The molecule has 110 valence electrons. The van der Waals surface area contributed by atoms with E-state index in [4.69, 9.17) is 0 Å². The van der Waals surface area contributed by atoms with E-state index in [-0.39, 0.29) is 0 Å². The Morgan fingerprint density at radius 2 is 1.90 bits per heavy atom. The summed E-state index contributed by atoms with van der Waals surface area (Å²) in [4.78, 5) is 12.0. The summed E-state index contributed by atoms with van der Waals surface area (Å²) in [7, 11) is 0. The highest BCUT2D eigenvalue weighted by molar-refractivity contribution is 9.10. The third-order valence-corrected chi connectivity index (χ3v) is 3.93. The predicted octanol–water partition coefficient (Wildman–Crippen LogP) is 4.64. The number of hydrogen-bond acceptors (Lipinski definition) is 2. The topological polar surface area (TPSA) is 49.3 Å². The normalized spacial score (nSPS) is 13.4. The predicted molar refractivity (Wildman–Crippen MR) is 88.4 cm³/mol. The van der Waals surface area contributed by atoms with Gasteiger partial charge >= 0.3 is 5.97 Å². The molecule has 0 heterocycles. The molecule has 0 saturated heterocycles. The molecule has 3 nitrogen and oxygen atoms in total. The molecule has 0 radical (unpaired) electrons. The van der Waals surface area contributed by atoms with Gasteiger partial charge in [-0.2, -0.15) is 0 Å². The molecule has 2 N–H and O–H groups in total. The largest absolute Gasteiger partial charge is 0.479 e. The first-order valence-corrected chi connectivity index (χ1v) is 7.70. The summed E-state index contributed by atoms with van der Waals surface area (Å²) in [5.74, 6) is -0.865. The Balaban J connectivity index is 2.47. The van der Waals surface area contributed by atoms with Crippen LogP contribution in [-0.2, 0) is 10.3 Å². The van der Waals surface area contributed by atoms with Crippen molar-refractivity contribution in [3.8, 4) is 0 Å². The van der Waals surface area contributed by atoms with E-state index in [2.05, 4.69) is 21.2 Å². The summed E-state index contributed by atoms with van der Waals surface area (Å²) < 4.78 is 0.913. The van der Waals surface area contributed by atoms with Gasteiger partial charge in [-0.05, 0) is 30.2 Å². The number of nitrogens with one attached hydrogen (secondary N) is 1. The van der Waals surface area contributed by atoms with Crippen LogP contribution in [0.2, 0.25) is 0 Å². The molecule has 0 aromatic heterocycles. The molecule has 2 rings (SSSR count). The van der Waals surface area contributed by atoms with Gasteiger partial charge in [-0.1, -0.05) is 65.7 Å². The van der Waals surface area contributed by atoms with Gasteiger partial charge in [0.15, 0.2) is 5.54 Å². The van der Waals surface area contributed by atoms with Crippen molar-refractivity contribution in [2.24, 2.45) is 0 Å². The molecule has 4 heteroatoms. The maximum atomic E-state index is 12.0. The van der Waals surface area contributed by atoms with Crippen LogP contribution < -0.4 is 5.32 Å². The average molecular weight is 348 g/mol. The second-order valence-corrected chi connectivity index (χ2v) is 5.88. The quantitative estimate of drug-likeness (QED) is 0.800. The van der Waals surface area contributed by atoms with Gasteiger partial charge in [0, 0.05) is 10.2 Å². The molecule has 0 aliphatic carbocycles. The van der Waals surface area contributed by atoms with Crippen molar-refractivity contribution in [2.45, 2.75) is 25.3 Å². The van der Waals surface area contributed by atoms with Crippen LogP contribution in [0.4, 0.5) is 5.69 Å². The number of aliphatic carboxylic acids is 1. The van der Waals surface area contributed by atoms with E-state index in [0.29, 0.717) is 6.42 Å². The van der Waals surface area contributed by atoms with Crippen LogP contribution in [-0.4, -0.2) is 11.1 Å². The summed E-state index contributed by atoms with van der Waals surface area (Å²) in [6.07, 6.45) is 1.28. The van der Waals surface area contributed by atoms with E-state index in [0.717, 1.165) is 22.1 Å². The fraction of sp³-hybridized carbons (Fsp3) is 0.235. The molecule has 0 amide bonds.